The van der Waals surface area contributed by atoms with Crippen molar-refractivity contribution in [1.82, 2.24) is 10.2 Å². The van der Waals surface area contributed by atoms with Crippen molar-refractivity contribution in [2.75, 3.05) is 26.7 Å². The molecule has 0 aliphatic rings. The Balaban J connectivity index is 5.25. The fraction of sp³-hybridized carbons (Fsp3) is 0.562. The number of aliphatic hydroxyl groups is 2. The van der Waals surface area contributed by atoms with Gasteiger partial charge in [0.2, 0.25) is 6.41 Å². The summed E-state index contributed by atoms with van der Waals surface area (Å²) in [6.45, 7) is 0.742. The Hall–Kier alpha value is -2.58. The average Bonchev–Trinajstić information content (AvgIpc) is 2.62. The van der Waals surface area contributed by atoms with Crippen LogP contribution in [0.15, 0.2) is 16.8 Å². The summed E-state index contributed by atoms with van der Waals surface area (Å²) in [7, 11) is 1.34. The molecule has 0 spiro atoms. The molecule has 11 heteroatoms. The molecule has 0 saturated carbocycles. The fourth-order valence-corrected chi connectivity index (χ4v) is 1.83. The van der Waals surface area contributed by atoms with Crippen LogP contribution in [0.25, 0.3) is 0 Å². The van der Waals surface area contributed by atoms with Crippen LogP contribution in [0.3, 0.4) is 0 Å². The monoisotopic (exact) mass is 392 g/mol. The van der Waals surface area contributed by atoms with E-state index < -0.39 is 30.7 Å². The van der Waals surface area contributed by atoms with Crippen LogP contribution in [0.4, 0.5) is 13.2 Å². The molecule has 0 bridgehead atoms. The molecule has 0 heterocycles. The molecule has 2 atom stereocenters. The lowest BCUT2D eigenvalue weighted by Crippen LogP contribution is -2.36. The SMILES string of the molecule is CCC(CO)C(O)CN(C=O)/C=C(/C#CCNC(=O)C(F)(F)F)C(N)=NC. The molecule has 2 amide bonds. The van der Waals surface area contributed by atoms with E-state index in [1.54, 1.807) is 12.2 Å². The number of rotatable bonds is 9. The number of nitrogens with two attached hydrogens (primary N) is 1. The summed E-state index contributed by atoms with van der Waals surface area (Å²) in [4.78, 5) is 26.6. The van der Waals surface area contributed by atoms with Gasteiger partial charge in [-0.1, -0.05) is 18.8 Å². The molecule has 0 saturated heterocycles. The van der Waals surface area contributed by atoms with Gasteiger partial charge in [-0.05, 0) is 6.42 Å². The third-order valence-corrected chi connectivity index (χ3v) is 3.47. The van der Waals surface area contributed by atoms with Gasteiger partial charge in [-0.3, -0.25) is 14.6 Å². The summed E-state index contributed by atoms with van der Waals surface area (Å²) >= 11 is 0. The second-order valence-corrected chi connectivity index (χ2v) is 5.35. The maximum absolute atomic E-state index is 12.1. The third-order valence-electron chi connectivity index (χ3n) is 3.47. The number of nitrogens with zero attached hydrogens (tertiary/aromatic N) is 2. The number of carbonyl (C=O) groups excluding carboxylic acids is 2. The van der Waals surface area contributed by atoms with Gasteiger partial charge >= 0.3 is 12.1 Å². The van der Waals surface area contributed by atoms with Gasteiger partial charge in [0, 0.05) is 25.8 Å². The zero-order valence-corrected chi connectivity index (χ0v) is 15.0. The second kappa shape index (κ2) is 11.9. The molecule has 0 aliphatic heterocycles. The quantitative estimate of drug-likeness (QED) is 0.180. The molecular weight excluding hydrogens is 369 g/mol. The minimum absolute atomic E-state index is 0.00936. The normalized spacial score (nSPS) is 14.6. The Kier molecular flexibility index (Phi) is 10.8. The van der Waals surface area contributed by atoms with Crippen molar-refractivity contribution in [3.8, 4) is 11.8 Å². The molecule has 27 heavy (non-hydrogen) atoms. The minimum atomic E-state index is -5.02. The number of nitrogens with one attached hydrogen (secondary N) is 1. The molecule has 0 fully saturated rings. The predicted molar refractivity (Wildman–Crippen MR) is 92.1 cm³/mol. The van der Waals surface area contributed by atoms with Crippen molar-refractivity contribution in [2.45, 2.75) is 25.6 Å². The Bertz CT molecular complexity index is 619. The number of hydrogen-bond donors (Lipinski definition) is 4. The van der Waals surface area contributed by atoms with E-state index in [-0.39, 0.29) is 24.6 Å². The van der Waals surface area contributed by atoms with Crippen molar-refractivity contribution in [3.63, 3.8) is 0 Å². The van der Waals surface area contributed by atoms with E-state index >= 15 is 0 Å². The third kappa shape index (κ3) is 9.07. The van der Waals surface area contributed by atoms with Crippen molar-refractivity contribution < 1.29 is 33.0 Å². The number of hydrogen-bond acceptors (Lipinski definition) is 5. The van der Waals surface area contributed by atoms with E-state index in [4.69, 9.17) is 5.73 Å². The van der Waals surface area contributed by atoms with Crippen molar-refractivity contribution in [3.05, 3.63) is 11.8 Å². The van der Waals surface area contributed by atoms with E-state index in [0.29, 0.717) is 12.8 Å². The van der Waals surface area contributed by atoms with Gasteiger partial charge in [0.1, 0.15) is 5.84 Å². The van der Waals surface area contributed by atoms with Crippen LogP contribution in [-0.4, -0.2) is 72.3 Å². The van der Waals surface area contributed by atoms with E-state index in [0.717, 1.165) is 4.90 Å². The van der Waals surface area contributed by atoms with Crippen molar-refractivity contribution in [2.24, 2.45) is 16.6 Å². The molecule has 0 rings (SSSR count). The summed E-state index contributed by atoms with van der Waals surface area (Å²) in [5.74, 6) is 2.02. The molecule has 0 aromatic carbocycles. The average molecular weight is 392 g/mol. The molecule has 8 nitrogen and oxygen atoms in total. The number of aliphatic imine (C=N–C) groups is 1. The molecule has 152 valence electrons. The van der Waals surface area contributed by atoms with Crippen LogP contribution in [0, 0.1) is 17.8 Å². The van der Waals surface area contributed by atoms with E-state index in [1.807, 2.05) is 0 Å². The van der Waals surface area contributed by atoms with Gasteiger partial charge in [-0.15, -0.1) is 0 Å². The number of alkyl halides is 3. The Morgan fingerprint density at radius 1 is 1.44 bits per heavy atom. The number of amides is 2. The smallest absolute Gasteiger partial charge is 0.396 e. The molecule has 0 aromatic heterocycles. The second-order valence-electron chi connectivity index (χ2n) is 5.35. The standard InChI is InChI=1S/C16H23F3N4O4/c1-3-11(9-24)13(26)8-23(10-25)7-12(14(20)21-2)5-4-6-22-15(27)16(17,18)19/h7,10-11,13,24,26H,3,6,8-9H2,1-2H3,(H2,20,21)(H,22,27)/b12-7-. The topological polar surface area (TPSA) is 128 Å². The summed E-state index contributed by atoms with van der Waals surface area (Å²) in [6.07, 6.45) is -3.98. The minimum Gasteiger partial charge on any atom is -0.396 e. The summed E-state index contributed by atoms with van der Waals surface area (Å²) in [5, 5.41) is 20.8. The number of aliphatic hydroxyl groups excluding tert-OH is 2. The van der Waals surface area contributed by atoms with Crippen LogP contribution < -0.4 is 11.1 Å². The highest BCUT2D eigenvalue weighted by Crippen LogP contribution is 2.13. The molecule has 0 radical (unpaired) electrons. The highest BCUT2D eigenvalue weighted by molar-refractivity contribution is 6.01. The van der Waals surface area contributed by atoms with Crippen LogP contribution in [0.5, 0.6) is 0 Å². The van der Waals surface area contributed by atoms with Crippen molar-refractivity contribution in [1.29, 1.82) is 0 Å². The lowest BCUT2D eigenvalue weighted by Gasteiger charge is -2.23. The van der Waals surface area contributed by atoms with Gasteiger partial charge < -0.3 is 26.2 Å². The van der Waals surface area contributed by atoms with Crippen LogP contribution in [0.2, 0.25) is 0 Å². The Morgan fingerprint density at radius 3 is 2.52 bits per heavy atom. The van der Waals surface area contributed by atoms with Crippen LogP contribution >= 0.6 is 0 Å². The maximum Gasteiger partial charge on any atom is 0.471 e. The predicted octanol–water partition coefficient (Wildman–Crippen LogP) is -0.623. The summed E-state index contributed by atoms with van der Waals surface area (Å²) < 4.78 is 36.2. The van der Waals surface area contributed by atoms with Gasteiger partial charge in [-0.25, -0.2) is 0 Å². The van der Waals surface area contributed by atoms with Gasteiger partial charge in [-0.2, -0.15) is 13.2 Å². The molecule has 0 aromatic rings. The lowest BCUT2D eigenvalue weighted by molar-refractivity contribution is -0.173. The largest absolute Gasteiger partial charge is 0.471 e. The fourth-order valence-electron chi connectivity index (χ4n) is 1.83. The number of halogens is 3. The number of carbonyl (C=O) groups is 2. The first-order valence-electron chi connectivity index (χ1n) is 7.88. The molecular formula is C16H23F3N4O4. The van der Waals surface area contributed by atoms with Gasteiger partial charge in [0.25, 0.3) is 0 Å². The van der Waals surface area contributed by atoms with Crippen LogP contribution in [-0.2, 0) is 9.59 Å². The zero-order valence-electron chi connectivity index (χ0n) is 15.0. The lowest BCUT2D eigenvalue weighted by atomic mass is 10.0. The highest BCUT2D eigenvalue weighted by Gasteiger charge is 2.38. The molecule has 5 N–H and O–H groups in total. The van der Waals surface area contributed by atoms with Gasteiger partial charge in [0.05, 0.1) is 24.8 Å². The van der Waals surface area contributed by atoms with Crippen LogP contribution in [0.1, 0.15) is 13.3 Å². The Labute approximate surface area is 154 Å². The zero-order chi connectivity index (χ0) is 21.0. The number of amidine groups is 1. The molecule has 0 aliphatic carbocycles. The summed E-state index contributed by atoms with van der Waals surface area (Å²) in [5.41, 5.74) is 5.65. The first kappa shape index (κ1) is 24.4. The van der Waals surface area contributed by atoms with E-state index in [2.05, 4.69) is 16.8 Å². The first-order chi connectivity index (χ1) is 12.6. The van der Waals surface area contributed by atoms with E-state index in [1.165, 1.54) is 13.2 Å². The maximum atomic E-state index is 12.1. The van der Waals surface area contributed by atoms with E-state index in [9.17, 15) is 33.0 Å². The first-order valence-corrected chi connectivity index (χ1v) is 7.88. The summed E-state index contributed by atoms with van der Waals surface area (Å²) in [6, 6.07) is 0. The highest BCUT2D eigenvalue weighted by atomic mass is 19.4. The van der Waals surface area contributed by atoms with Gasteiger partial charge in [0.15, 0.2) is 0 Å². The van der Waals surface area contributed by atoms with Crippen molar-refractivity contribution >= 4 is 18.2 Å². The molecule has 2 unspecified atom stereocenters. The Morgan fingerprint density at radius 2 is 2.07 bits per heavy atom.